The summed E-state index contributed by atoms with van der Waals surface area (Å²) in [5, 5.41) is 0. The van der Waals surface area contributed by atoms with Crippen molar-refractivity contribution in [2.45, 2.75) is 51.7 Å². The summed E-state index contributed by atoms with van der Waals surface area (Å²) in [4.78, 5) is 14.4. The van der Waals surface area contributed by atoms with Gasteiger partial charge in [-0.2, -0.15) is 0 Å². The summed E-state index contributed by atoms with van der Waals surface area (Å²) in [7, 11) is 0. The maximum Gasteiger partial charge on any atom is 0.254 e. The highest BCUT2D eigenvalue weighted by atomic mass is 16.2. The summed E-state index contributed by atoms with van der Waals surface area (Å²) in [5.41, 5.74) is 7.64. The summed E-state index contributed by atoms with van der Waals surface area (Å²) >= 11 is 0. The molecule has 3 heteroatoms. The molecule has 0 aromatic heterocycles. The molecular weight excluding hydrogens is 224 g/mol. The molecule has 0 saturated carbocycles. The van der Waals surface area contributed by atoms with E-state index in [1.54, 1.807) is 0 Å². The molecule has 0 aliphatic carbocycles. The van der Waals surface area contributed by atoms with Gasteiger partial charge in [0.1, 0.15) is 0 Å². The molecule has 1 aliphatic rings. The number of likely N-dealkylation sites (tertiary alicyclic amines) is 1. The number of rotatable bonds is 2. The predicted octanol–water partition coefficient (Wildman–Crippen LogP) is 2.72. The molecule has 2 rings (SSSR count). The van der Waals surface area contributed by atoms with Crippen LogP contribution >= 0.6 is 0 Å². The van der Waals surface area contributed by atoms with E-state index < -0.39 is 0 Å². The van der Waals surface area contributed by atoms with Gasteiger partial charge in [-0.1, -0.05) is 12.1 Å². The van der Waals surface area contributed by atoms with Gasteiger partial charge in [-0.3, -0.25) is 4.79 Å². The Balaban J connectivity index is 2.18. The van der Waals surface area contributed by atoms with E-state index in [0.717, 1.165) is 24.0 Å². The quantitative estimate of drug-likeness (QED) is 0.872. The maximum atomic E-state index is 12.4. The van der Waals surface area contributed by atoms with E-state index in [9.17, 15) is 4.79 Å². The van der Waals surface area contributed by atoms with Crippen LogP contribution in [0.15, 0.2) is 24.3 Å². The van der Waals surface area contributed by atoms with Gasteiger partial charge >= 0.3 is 0 Å². The molecule has 18 heavy (non-hydrogen) atoms. The standard InChI is InChI=1S/C15H22N2O/c1-10-4-5-11(2)17(10)15(18)14-8-6-13(7-9-14)12(3)16/h6-12H,4-5,16H2,1-3H3/t10-,11-,12+/m0/s1. The SMILES string of the molecule is C[C@@H](N)c1ccc(C(=O)N2[C@@H](C)CC[C@@H]2C)cc1. The molecule has 1 fully saturated rings. The zero-order valence-electron chi connectivity index (χ0n) is 11.4. The monoisotopic (exact) mass is 246 g/mol. The molecule has 1 heterocycles. The van der Waals surface area contributed by atoms with Crippen molar-refractivity contribution in [3.8, 4) is 0 Å². The van der Waals surface area contributed by atoms with Crippen molar-refractivity contribution in [2.24, 2.45) is 5.73 Å². The summed E-state index contributed by atoms with van der Waals surface area (Å²) in [6, 6.07) is 8.38. The number of hydrogen-bond donors (Lipinski definition) is 1. The average Bonchev–Trinajstić information content (AvgIpc) is 2.68. The zero-order valence-corrected chi connectivity index (χ0v) is 11.4. The van der Waals surface area contributed by atoms with Crippen LogP contribution < -0.4 is 5.73 Å². The second kappa shape index (κ2) is 5.11. The van der Waals surface area contributed by atoms with Crippen molar-refractivity contribution >= 4 is 5.91 Å². The van der Waals surface area contributed by atoms with Gasteiger partial charge in [-0.15, -0.1) is 0 Å². The van der Waals surface area contributed by atoms with Crippen molar-refractivity contribution < 1.29 is 4.79 Å². The van der Waals surface area contributed by atoms with E-state index in [4.69, 9.17) is 5.73 Å². The fourth-order valence-electron chi connectivity index (χ4n) is 2.67. The van der Waals surface area contributed by atoms with E-state index in [0.29, 0.717) is 12.1 Å². The minimum Gasteiger partial charge on any atom is -0.333 e. The molecular formula is C15H22N2O. The molecule has 1 aliphatic heterocycles. The second-order valence-corrected chi connectivity index (χ2v) is 5.40. The number of carbonyl (C=O) groups is 1. The number of hydrogen-bond acceptors (Lipinski definition) is 2. The number of nitrogens with zero attached hydrogens (tertiary/aromatic N) is 1. The first-order chi connectivity index (χ1) is 8.50. The summed E-state index contributed by atoms with van der Waals surface area (Å²) in [6.45, 7) is 6.19. The van der Waals surface area contributed by atoms with Gasteiger partial charge in [-0.05, 0) is 51.3 Å². The van der Waals surface area contributed by atoms with E-state index in [1.807, 2.05) is 36.1 Å². The van der Waals surface area contributed by atoms with E-state index >= 15 is 0 Å². The van der Waals surface area contributed by atoms with Crippen LogP contribution in [0.1, 0.15) is 55.6 Å². The lowest BCUT2D eigenvalue weighted by Crippen LogP contribution is -2.38. The van der Waals surface area contributed by atoms with Crippen LogP contribution in [0.5, 0.6) is 0 Å². The first kappa shape index (κ1) is 13.1. The van der Waals surface area contributed by atoms with Gasteiger partial charge in [-0.25, -0.2) is 0 Å². The van der Waals surface area contributed by atoms with Crippen LogP contribution in [0, 0.1) is 0 Å². The molecule has 0 unspecified atom stereocenters. The Morgan fingerprint density at radius 2 is 1.72 bits per heavy atom. The lowest BCUT2D eigenvalue weighted by molar-refractivity contribution is 0.0693. The van der Waals surface area contributed by atoms with Crippen molar-refractivity contribution in [2.75, 3.05) is 0 Å². The lowest BCUT2D eigenvalue weighted by Gasteiger charge is -2.26. The van der Waals surface area contributed by atoms with Crippen molar-refractivity contribution in [1.29, 1.82) is 0 Å². The maximum absolute atomic E-state index is 12.4. The van der Waals surface area contributed by atoms with Crippen molar-refractivity contribution in [3.63, 3.8) is 0 Å². The minimum atomic E-state index is 0.0128. The van der Waals surface area contributed by atoms with Gasteiger partial charge in [0.25, 0.3) is 5.91 Å². The van der Waals surface area contributed by atoms with Crippen molar-refractivity contribution in [3.05, 3.63) is 35.4 Å². The molecule has 0 spiro atoms. The molecule has 0 radical (unpaired) electrons. The Bertz CT molecular complexity index is 415. The van der Waals surface area contributed by atoms with Gasteiger partial charge in [0, 0.05) is 23.7 Å². The van der Waals surface area contributed by atoms with E-state index in [1.165, 1.54) is 0 Å². The fraction of sp³-hybridized carbons (Fsp3) is 0.533. The van der Waals surface area contributed by atoms with Gasteiger partial charge in [0.2, 0.25) is 0 Å². The highest BCUT2D eigenvalue weighted by Gasteiger charge is 2.31. The summed E-state index contributed by atoms with van der Waals surface area (Å²) < 4.78 is 0. The highest BCUT2D eigenvalue weighted by Crippen LogP contribution is 2.25. The van der Waals surface area contributed by atoms with Crippen LogP contribution in [0.25, 0.3) is 0 Å². The van der Waals surface area contributed by atoms with Gasteiger partial charge in [0.15, 0.2) is 0 Å². The predicted molar refractivity (Wildman–Crippen MR) is 73.4 cm³/mol. The molecule has 2 N–H and O–H groups in total. The van der Waals surface area contributed by atoms with Gasteiger partial charge in [0.05, 0.1) is 0 Å². The number of benzene rings is 1. The molecule has 1 aromatic carbocycles. The van der Waals surface area contributed by atoms with Crippen molar-refractivity contribution in [1.82, 2.24) is 4.90 Å². The van der Waals surface area contributed by atoms with Crippen LogP contribution in [0.4, 0.5) is 0 Å². The molecule has 1 aromatic rings. The fourth-order valence-corrected chi connectivity index (χ4v) is 2.67. The molecule has 1 amide bonds. The first-order valence-electron chi connectivity index (χ1n) is 6.69. The minimum absolute atomic E-state index is 0.0128. The average molecular weight is 246 g/mol. The summed E-state index contributed by atoms with van der Waals surface area (Å²) in [6.07, 6.45) is 2.20. The zero-order chi connectivity index (χ0) is 13.3. The van der Waals surface area contributed by atoms with Crippen LogP contribution in [-0.2, 0) is 0 Å². The largest absolute Gasteiger partial charge is 0.333 e. The van der Waals surface area contributed by atoms with E-state index in [-0.39, 0.29) is 11.9 Å². The normalized spacial score (nSPS) is 25.2. The number of nitrogens with two attached hydrogens (primary N) is 1. The molecule has 3 nitrogen and oxygen atoms in total. The Hall–Kier alpha value is -1.35. The Labute approximate surface area is 109 Å². The smallest absolute Gasteiger partial charge is 0.254 e. The third kappa shape index (κ3) is 2.41. The Morgan fingerprint density at radius 3 is 2.17 bits per heavy atom. The molecule has 98 valence electrons. The molecule has 3 atom stereocenters. The lowest BCUT2D eigenvalue weighted by atomic mass is 10.1. The van der Waals surface area contributed by atoms with Crippen LogP contribution in [0.3, 0.4) is 0 Å². The highest BCUT2D eigenvalue weighted by molar-refractivity contribution is 5.94. The number of carbonyl (C=O) groups excluding carboxylic acids is 1. The van der Waals surface area contributed by atoms with Crippen LogP contribution in [-0.4, -0.2) is 22.9 Å². The summed E-state index contributed by atoms with van der Waals surface area (Å²) in [5.74, 6) is 0.142. The van der Waals surface area contributed by atoms with E-state index in [2.05, 4.69) is 13.8 Å². The molecule has 0 bridgehead atoms. The second-order valence-electron chi connectivity index (χ2n) is 5.40. The topological polar surface area (TPSA) is 46.3 Å². The Kier molecular flexibility index (Phi) is 3.71. The first-order valence-corrected chi connectivity index (χ1v) is 6.69. The van der Waals surface area contributed by atoms with Gasteiger partial charge < -0.3 is 10.6 Å². The third-order valence-corrected chi connectivity index (χ3v) is 3.87. The number of amides is 1. The van der Waals surface area contributed by atoms with Crippen LogP contribution in [0.2, 0.25) is 0 Å². The third-order valence-electron chi connectivity index (χ3n) is 3.87. The molecule has 1 saturated heterocycles. The Morgan fingerprint density at radius 1 is 1.22 bits per heavy atom.